The zero-order valence-electron chi connectivity index (χ0n) is 10.1. The van der Waals surface area contributed by atoms with E-state index in [4.69, 9.17) is 0 Å². The van der Waals surface area contributed by atoms with Crippen LogP contribution < -0.4 is 0 Å². The van der Waals surface area contributed by atoms with E-state index >= 15 is 0 Å². The molecule has 0 fully saturated rings. The average Bonchev–Trinajstić information content (AvgIpc) is 2.30. The number of halogens is 1. The van der Waals surface area contributed by atoms with Gasteiger partial charge in [0.2, 0.25) is 0 Å². The summed E-state index contributed by atoms with van der Waals surface area (Å²) in [6.45, 7) is 0.894. The first-order chi connectivity index (χ1) is 8.16. The van der Waals surface area contributed by atoms with Crippen LogP contribution in [0.5, 0.6) is 0 Å². The third-order valence-electron chi connectivity index (χ3n) is 2.58. The molecule has 0 heterocycles. The molecule has 2 aromatic carbocycles. The van der Waals surface area contributed by atoms with Gasteiger partial charge in [0.15, 0.2) is 0 Å². The Morgan fingerprint density at radius 3 is 2.41 bits per heavy atom. The molecule has 0 unspecified atom stereocenters. The molecule has 0 saturated heterocycles. The maximum absolute atomic E-state index is 13.5. The molecular weight excluding hydrogens is 213 g/mol. The molecule has 1 radical (unpaired) electrons. The van der Waals surface area contributed by atoms with Gasteiger partial charge in [0, 0.05) is 12.1 Å². The van der Waals surface area contributed by atoms with Gasteiger partial charge >= 0.3 is 0 Å². The fourth-order valence-corrected chi connectivity index (χ4v) is 1.80. The molecule has 2 rings (SSSR count). The summed E-state index contributed by atoms with van der Waals surface area (Å²) in [4.78, 5) is 2.10. The number of benzene rings is 2. The highest BCUT2D eigenvalue weighted by atomic mass is 19.1. The first kappa shape index (κ1) is 11.8. The van der Waals surface area contributed by atoms with Crippen LogP contribution >= 0.6 is 0 Å². The molecule has 0 aliphatic carbocycles. The van der Waals surface area contributed by atoms with E-state index in [2.05, 4.69) is 11.0 Å². The molecule has 0 spiro atoms. The zero-order chi connectivity index (χ0) is 12.3. The lowest BCUT2D eigenvalue weighted by atomic mass is 10.0. The molecule has 0 amide bonds. The van der Waals surface area contributed by atoms with Gasteiger partial charge in [-0.2, -0.15) is 0 Å². The maximum atomic E-state index is 13.5. The molecule has 0 bridgehead atoms. The van der Waals surface area contributed by atoms with Crippen LogP contribution in [0.25, 0.3) is 11.1 Å². The molecule has 0 aliphatic rings. The number of hydrogen-bond donors (Lipinski definition) is 0. The second-order valence-electron chi connectivity index (χ2n) is 4.34. The van der Waals surface area contributed by atoms with Crippen LogP contribution in [0.1, 0.15) is 5.56 Å². The second-order valence-corrected chi connectivity index (χ2v) is 4.34. The van der Waals surface area contributed by atoms with Crippen LogP contribution in [0, 0.1) is 11.9 Å². The Balaban J connectivity index is 2.27. The van der Waals surface area contributed by atoms with Crippen molar-refractivity contribution in [1.29, 1.82) is 0 Å². The Morgan fingerprint density at radius 2 is 1.82 bits per heavy atom. The summed E-state index contributed by atoms with van der Waals surface area (Å²) >= 11 is 0. The Kier molecular flexibility index (Phi) is 3.55. The molecule has 0 atom stereocenters. The van der Waals surface area contributed by atoms with Gasteiger partial charge in [-0.3, -0.25) is 0 Å². The van der Waals surface area contributed by atoms with Crippen molar-refractivity contribution in [2.45, 2.75) is 6.54 Å². The van der Waals surface area contributed by atoms with Crippen molar-refractivity contribution in [1.82, 2.24) is 4.90 Å². The molecule has 17 heavy (non-hydrogen) atoms. The van der Waals surface area contributed by atoms with E-state index in [0.29, 0.717) is 5.56 Å². The van der Waals surface area contributed by atoms with Crippen molar-refractivity contribution in [2.24, 2.45) is 0 Å². The van der Waals surface area contributed by atoms with Crippen LogP contribution in [0.3, 0.4) is 0 Å². The summed E-state index contributed by atoms with van der Waals surface area (Å²) in [6.07, 6.45) is 0. The van der Waals surface area contributed by atoms with Gasteiger partial charge in [0.25, 0.3) is 0 Å². The van der Waals surface area contributed by atoms with Crippen LogP contribution in [0.2, 0.25) is 0 Å². The van der Waals surface area contributed by atoms with Gasteiger partial charge in [0.05, 0.1) is 0 Å². The zero-order valence-corrected chi connectivity index (χ0v) is 10.1. The standard InChI is InChI=1S/C15H15FN/c1-17(2)11-12-7-9-13(10-8-12)14-5-3-4-6-15(14)16/h3,5-10H,11H2,1-2H3. The van der Waals surface area contributed by atoms with E-state index in [1.165, 1.54) is 11.6 Å². The van der Waals surface area contributed by atoms with Crippen molar-refractivity contribution in [2.75, 3.05) is 14.1 Å². The highest BCUT2D eigenvalue weighted by Gasteiger charge is 2.03. The molecule has 2 heteroatoms. The van der Waals surface area contributed by atoms with Crippen molar-refractivity contribution < 1.29 is 4.39 Å². The largest absolute Gasteiger partial charge is 0.305 e. The van der Waals surface area contributed by atoms with E-state index in [9.17, 15) is 4.39 Å². The van der Waals surface area contributed by atoms with Gasteiger partial charge in [-0.25, -0.2) is 4.39 Å². The van der Waals surface area contributed by atoms with Gasteiger partial charge < -0.3 is 4.90 Å². The minimum atomic E-state index is -0.229. The molecule has 0 aliphatic heterocycles. The van der Waals surface area contributed by atoms with Gasteiger partial charge in [-0.15, -0.1) is 0 Å². The van der Waals surface area contributed by atoms with Gasteiger partial charge in [-0.05, 0) is 37.4 Å². The molecule has 87 valence electrons. The highest BCUT2D eigenvalue weighted by Crippen LogP contribution is 2.22. The summed E-state index contributed by atoms with van der Waals surface area (Å²) in [5, 5.41) is 0. The third-order valence-corrected chi connectivity index (χ3v) is 2.58. The lowest BCUT2D eigenvalue weighted by Crippen LogP contribution is -2.10. The highest BCUT2D eigenvalue weighted by molar-refractivity contribution is 5.64. The number of hydrogen-bond acceptors (Lipinski definition) is 1. The Morgan fingerprint density at radius 1 is 1.12 bits per heavy atom. The second kappa shape index (κ2) is 5.11. The molecular formula is C15H15FN. The normalized spacial score (nSPS) is 10.8. The van der Waals surface area contributed by atoms with Crippen LogP contribution in [0.4, 0.5) is 4.39 Å². The minimum absolute atomic E-state index is 0.229. The SMILES string of the molecule is CN(C)Cc1ccc(-c2cc[c]cc2F)cc1. The quantitative estimate of drug-likeness (QED) is 0.778. The minimum Gasteiger partial charge on any atom is -0.305 e. The maximum Gasteiger partial charge on any atom is 0.131 e. The molecule has 0 aromatic heterocycles. The van der Waals surface area contributed by atoms with Crippen molar-refractivity contribution in [3.05, 3.63) is 59.9 Å². The Bertz CT molecular complexity index is 489. The van der Waals surface area contributed by atoms with E-state index < -0.39 is 0 Å². The molecule has 1 nitrogen and oxygen atoms in total. The van der Waals surface area contributed by atoms with Crippen LogP contribution in [0.15, 0.2) is 42.5 Å². The molecule has 2 aromatic rings. The van der Waals surface area contributed by atoms with Crippen LogP contribution in [-0.2, 0) is 6.54 Å². The van der Waals surface area contributed by atoms with Crippen LogP contribution in [-0.4, -0.2) is 19.0 Å². The fraction of sp³-hybridized carbons (Fsp3) is 0.200. The number of rotatable bonds is 3. The van der Waals surface area contributed by atoms with E-state index in [1.54, 1.807) is 12.1 Å². The summed E-state index contributed by atoms with van der Waals surface area (Å²) < 4.78 is 13.5. The summed E-state index contributed by atoms with van der Waals surface area (Å²) in [5.41, 5.74) is 2.75. The average molecular weight is 228 g/mol. The van der Waals surface area contributed by atoms with E-state index in [1.807, 2.05) is 38.4 Å². The molecule has 0 N–H and O–H groups in total. The smallest absolute Gasteiger partial charge is 0.131 e. The van der Waals surface area contributed by atoms with E-state index in [0.717, 1.165) is 12.1 Å². The summed E-state index contributed by atoms with van der Waals surface area (Å²) in [7, 11) is 4.06. The van der Waals surface area contributed by atoms with E-state index in [-0.39, 0.29) is 5.82 Å². The Labute approximate surface area is 102 Å². The predicted octanol–water partition coefficient (Wildman–Crippen LogP) is 3.35. The first-order valence-electron chi connectivity index (χ1n) is 5.56. The lowest BCUT2D eigenvalue weighted by molar-refractivity contribution is 0.402. The third kappa shape index (κ3) is 2.92. The predicted molar refractivity (Wildman–Crippen MR) is 68.1 cm³/mol. The van der Waals surface area contributed by atoms with Gasteiger partial charge in [-0.1, -0.05) is 36.4 Å². The van der Waals surface area contributed by atoms with Gasteiger partial charge in [0.1, 0.15) is 5.82 Å². The summed E-state index contributed by atoms with van der Waals surface area (Å²) in [6, 6.07) is 15.5. The van der Waals surface area contributed by atoms with Crippen molar-refractivity contribution in [3.63, 3.8) is 0 Å². The topological polar surface area (TPSA) is 3.24 Å². The summed E-state index contributed by atoms with van der Waals surface area (Å²) in [5.74, 6) is -0.229. The van der Waals surface area contributed by atoms with Crippen molar-refractivity contribution >= 4 is 0 Å². The first-order valence-corrected chi connectivity index (χ1v) is 5.56. The van der Waals surface area contributed by atoms with Crippen molar-refractivity contribution in [3.8, 4) is 11.1 Å². The monoisotopic (exact) mass is 228 g/mol. The molecule has 0 saturated carbocycles. The fourth-order valence-electron chi connectivity index (χ4n) is 1.80. The number of nitrogens with zero attached hydrogens (tertiary/aromatic N) is 1. The Hall–Kier alpha value is -1.67. The lowest BCUT2D eigenvalue weighted by Gasteiger charge is -2.10.